The molecule has 1 aliphatic rings. The van der Waals surface area contributed by atoms with E-state index in [1.54, 1.807) is 0 Å². The molecule has 1 heterocycles. The summed E-state index contributed by atoms with van der Waals surface area (Å²) in [4.78, 5) is 4.67. The molecule has 0 aromatic heterocycles. The standard InChI is InChI=1S/C21H14BrNO/c22-19(15-9-3-1-4-10-15)20-17-13-7-8-14-18(17)21(24-20)23-16-11-5-2-6-12-16/h1-14H/b20-19+,23-21?. The van der Waals surface area contributed by atoms with Crippen molar-refractivity contribution in [2.75, 3.05) is 0 Å². The highest BCUT2D eigenvalue weighted by atomic mass is 79.9. The van der Waals surface area contributed by atoms with Crippen molar-refractivity contribution in [1.82, 2.24) is 0 Å². The van der Waals surface area contributed by atoms with Gasteiger partial charge in [-0.25, -0.2) is 4.99 Å². The Bertz CT molecular complexity index is 930. The fourth-order valence-electron chi connectivity index (χ4n) is 2.66. The first-order valence-electron chi connectivity index (χ1n) is 7.69. The average Bonchev–Trinajstić information content (AvgIpc) is 3.01. The summed E-state index contributed by atoms with van der Waals surface area (Å²) in [5.41, 5.74) is 4.00. The predicted molar refractivity (Wildman–Crippen MR) is 102 cm³/mol. The molecule has 116 valence electrons. The zero-order valence-corrected chi connectivity index (χ0v) is 14.4. The number of fused-ring (bicyclic) bond motifs is 1. The van der Waals surface area contributed by atoms with Crippen LogP contribution in [0.3, 0.4) is 0 Å². The fraction of sp³-hybridized carbons (Fsp3) is 0. The van der Waals surface area contributed by atoms with Crippen molar-refractivity contribution in [2.24, 2.45) is 4.99 Å². The molecule has 0 bridgehead atoms. The van der Waals surface area contributed by atoms with E-state index < -0.39 is 0 Å². The number of rotatable bonds is 2. The van der Waals surface area contributed by atoms with E-state index >= 15 is 0 Å². The van der Waals surface area contributed by atoms with Crippen molar-refractivity contribution in [1.29, 1.82) is 0 Å². The van der Waals surface area contributed by atoms with Crippen LogP contribution in [0.25, 0.3) is 10.2 Å². The molecule has 3 heteroatoms. The molecule has 0 atom stereocenters. The van der Waals surface area contributed by atoms with Gasteiger partial charge in [-0.3, -0.25) is 0 Å². The number of hydrogen-bond acceptors (Lipinski definition) is 2. The Hall–Kier alpha value is -2.65. The minimum absolute atomic E-state index is 0.625. The number of aliphatic imine (C=N–C) groups is 1. The molecule has 3 aromatic rings. The third-order valence-corrected chi connectivity index (χ3v) is 4.63. The van der Waals surface area contributed by atoms with Gasteiger partial charge in [0.2, 0.25) is 5.90 Å². The fourth-order valence-corrected chi connectivity index (χ4v) is 3.21. The van der Waals surface area contributed by atoms with Crippen LogP contribution in [0.4, 0.5) is 5.69 Å². The first kappa shape index (κ1) is 14.9. The molecule has 2 nitrogen and oxygen atoms in total. The highest BCUT2D eigenvalue weighted by Gasteiger charge is 2.27. The number of para-hydroxylation sites is 1. The van der Waals surface area contributed by atoms with Crippen molar-refractivity contribution < 1.29 is 4.74 Å². The molecule has 0 saturated heterocycles. The lowest BCUT2D eigenvalue weighted by Crippen LogP contribution is -1.96. The lowest BCUT2D eigenvalue weighted by atomic mass is 10.1. The molecule has 24 heavy (non-hydrogen) atoms. The summed E-state index contributed by atoms with van der Waals surface area (Å²) in [6.45, 7) is 0. The summed E-state index contributed by atoms with van der Waals surface area (Å²) in [5.74, 6) is 1.42. The van der Waals surface area contributed by atoms with Crippen LogP contribution in [-0.4, -0.2) is 5.90 Å². The van der Waals surface area contributed by atoms with Gasteiger partial charge in [0.1, 0.15) is 0 Å². The second kappa shape index (κ2) is 6.46. The summed E-state index contributed by atoms with van der Waals surface area (Å²) in [5, 5.41) is 0. The minimum atomic E-state index is 0.625. The molecular formula is C21H14BrNO. The topological polar surface area (TPSA) is 21.6 Å². The molecule has 0 N–H and O–H groups in total. The molecule has 0 fully saturated rings. The molecule has 4 rings (SSSR count). The van der Waals surface area contributed by atoms with E-state index in [1.807, 2.05) is 66.7 Å². The Balaban J connectivity index is 1.84. The van der Waals surface area contributed by atoms with Crippen molar-refractivity contribution in [3.8, 4) is 0 Å². The highest BCUT2D eigenvalue weighted by Crippen LogP contribution is 2.39. The van der Waals surface area contributed by atoms with Crippen molar-refractivity contribution >= 4 is 37.8 Å². The van der Waals surface area contributed by atoms with Crippen LogP contribution in [0.1, 0.15) is 16.7 Å². The van der Waals surface area contributed by atoms with E-state index in [0.717, 1.165) is 32.6 Å². The SMILES string of the molecule is Br/C(=C1/OC(=Nc2ccccc2)c2ccccc21)c1ccccc1. The molecule has 0 unspecified atom stereocenters. The van der Waals surface area contributed by atoms with E-state index in [9.17, 15) is 0 Å². The van der Waals surface area contributed by atoms with Gasteiger partial charge in [0.15, 0.2) is 5.76 Å². The van der Waals surface area contributed by atoms with Crippen LogP contribution in [0.15, 0.2) is 89.9 Å². The minimum Gasteiger partial charge on any atom is -0.436 e. The molecule has 3 aromatic carbocycles. The largest absolute Gasteiger partial charge is 0.436 e. The Labute approximate surface area is 149 Å². The third-order valence-electron chi connectivity index (χ3n) is 3.81. The molecule has 0 spiro atoms. The van der Waals surface area contributed by atoms with Gasteiger partial charge in [-0.05, 0) is 39.7 Å². The van der Waals surface area contributed by atoms with Crippen LogP contribution < -0.4 is 0 Å². The molecule has 0 aliphatic carbocycles. The van der Waals surface area contributed by atoms with E-state index in [-0.39, 0.29) is 0 Å². The molecule has 0 saturated carbocycles. The van der Waals surface area contributed by atoms with Crippen molar-refractivity contribution in [3.63, 3.8) is 0 Å². The Morgan fingerprint density at radius 2 is 1.29 bits per heavy atom. The van der Waals surface area contributed by atoms with Gasteiger partial charge in [0.25, 0.3) is 0 Å². The Morgan fingerprint density at radius 1 is 0.708 bits per heavy atom. The number of nitrogens with zero attached hydrogens (tertiary/aromatic N) is 1. The maximum absolute atomic E-state index is 6.13. The monoisotopic (exact) mass is 375 g/mol. The Morgan fingerprint density at radius 3 is 2.00 bits per heavy atom. The maximum Gasteiger partial charge on any atom is 0.227 e. The highest BCUT2D eigenvalue weighted by molar-refractivity contribution is 9.15. The zero-order chi connectivity index (χ0) is 16.4. The van der Waals surface area contributed by atoms with Crippen LogP contribution in [0, 0.1) is 0 Å². The van der Waals surface area contributed by atoms with Crippen molar-refractivity contribution in [2.45, 2.75) is 0 Å². The van der Waals surface area contributed by atoms with Gasteiger partial charge >= 0.3 is 0 Å². The lowest BCUT2D eigenvalue weighted by molar-refractivity contribution is 0.528. The molecular weight excluding hydrogens is 362 g/mol. The summed E-state index contributed by atoms with van der Waals surface area (Å²) >= 11 is 3.70. The van der Waals surface area contributed by atoms with Gasteiger partial charge in [-0.2, -0.15) is 0 Å². The molecule has 1 aliphatic heterocycles. The number of benzene rings is 3. The molecule has 0 radical (unpaired) electrons. The first-order valence-corrected chi connectivity index (χ1v) is 8.49. The van der Waals surface area contributed by atoms with Gasteiger partial charge in [0, 0.05) is 11.1 Å². The van der Waals surface area contributed by atoms with Gasteiger partial charge < -0.3 is 4.74 Å². The van der Waals surface area contributed by atoms with Gasteiger partial charge in [0.05, 0.1) is 10.2 Å². The van der Waals surface area contributed by atoms with Crippen molar-refractivity contribution in [3.05, 3.63) is 102 Å². The lowest BCUT2D eigenvalue weighted by Gasteiger charge is -2.05. The van der Waals surface area contributed by atoms with Crippen LogP contribution in [0.2, 0.25) is 0 Å². The maximum atomic E-state index is 6.13. The van der Waals surface area contributed by atoms with E-state index in [0.29, 0.717) is 5.90 Å². The zero-order valence-electron chi connectivity index (χ0n) is 12.8. The van der Waals surface area contributed by atoms with E-state index in [4.69, 9.17) is 4.74 Å². The predicted octanol–water partition coefficient (Wildman–Crippen LogP) is 6.02. The summed E-state index contributed by atoms with van der Waals surface area (Å²) in [6, 6.07) is 28.1. The third kappa shape index (κ3) is 2.79. The number of hydrogen-bond donors (Lipinski definition) is 0. The van der Waals surface area contributed by atoms with E-state index in [2.05, 4.69) is 39.1 Å². The van der Waals surface area contributed by atoms with E-state index in [1.165, 1.54) is 0 Å². The Kier molecular flexibility index (Phi) is 4.01. The molecule has 0 amide bonds. The van der Waals surface area contributed by atoms with Crippen LogP contribution >= 0.6 is 15.9 Å². The van der Waals surface area contributed by atoms with Gasteiger partial charge in [-0.1, -0.05) is 66.7 Å². The smallest absolute Gasteiger partial charge is 0.227 e. The number of ether oxygens (including phenoxy) is 1. The van der Waals surface area contributed by atoms with Gasteiger partial charge in [-0.15, -0.1) is 0 Å². The second-order valence-electron chi connectivity index (χ2n) is 5.41. The summed E-state index contributed by atoms with van der Waals surface area (Å²) < 4.78 is 7.06. The summed E-state index contributed by atoms with van der Waals surface area (Å²) in [7, 11) is 0. The average molecular weight is 376 g/mol. The van der Waals surface area contributed by atoms with Crippen LogP contribution in [-0.2, 0) is 4.74 Å². The second-order valence-corrected chi connectivity index (χ2v) is 6.20. The quantitative estimate of drug-likeness (QED) is 0.536. The summed E-state index contributed by atoms with van der Waals surface area (Å²) in [6.07, 6.45) is 0. The first-order chi connectivity index (χ1) is 11.8. The van der Waals surface area contributed by atoms with Crippen LogP contribution in [0.5, 0.6) is 0 Å². The number of halogens is 1. The normalized spacial score (nSPS) is 16.6.